The van der Waals surface area contributed by atoms with E-state index in [0.29, 0.717) is 19.3 Å². The second kappa shape index (κ2) is 63.9. The molecule has 0 aliphatic carbocycles. The molecular formula is C69H126O6. The van der Waals surface area contributed by atoms with Crippen molar-refractivity contribution >= 4 is 17.9 Å². The van der Waals surface area contributed by atoms with Gasteiger partial charge in [0.2, 0.25) is 0 Å². The van der Waals surface area contributed by atoms with Crippen molar-refractivity contribution in [2.45, 2.75) is 361 Å². The molecule has 0 aromatic heterocycles. The number of carbonyl (C=O) groups excluding carboxylic acids is 3. The molecule has 1 atom stereocenters. The second-order valence-corrected chi connectivity index (χ2v) is 22.4. The van der Waals surface area contributed by atoms with E-state index >= 15 is 0 Å². The Morgan fingerprint density at radius 2 is 0.520 bits per heavy atom. The Hall–Kier alpha value is -2.63. The number of carbonyl (C=O) groups is 3. The highest BCUT2D eigenvalue weighted by Crippen LogP contribution is 2.18. The molecule has 75 heavy (non-hydrogen) atoms. The predicted molar refractivity (Wildman–Crippen MR) is 325 cm³/mol. The van der Waals surface area contributed by atoms with Crippen LogP contribution in [0.4, 0.5) is 0 Å². The third kappa shape index (κ3) is 62.1. The fourth-order valence-electron chi connectivity index (χ4n) is 9.91. The van der Waals surface area contributed by atoms with E-state index in [1.54, 1.807) is 0 Å². The molecule has 0 N–H and O–H groups in total. The molecule has 0 aliphatic heterocycles. The largest absolute Gasteiger partial charge is 0.462 e. The van der Waals surface area contributed by atoms with Gasteiger partial charge in [0.05, 0.1) is 0 Å². The topological polar surface area (TPSA) is 78.9 Å². The minimum Gasteiger partial charge on any atom is -0.462 e. The Morgan fingerprint density at radius 1 is 0.280 bits per heavy atom. The predicted octanol–water partition coefficient (Wildman–Crippen LogP) is 22.6. The van der Waals surface area contributed by atoms with Crippen molar-refractivity contribution in [2.75, 3.05) is 13.2 Å². The standard InChI is InChI=1S/C69H126O6/c1-4-7-10-13-16-19-22-25-28-31-34-36-38-41-44-47-50-53-56-59-62-68(71)74-65-66(64-73-67(70)61-58-55-52-49-46-43-40-37-33-30-27-24-21-18-15-12-9-6-3)75-69(72)63-60-57-54-51-48-45-42-39-35-32-29-26-23-20-17-14-11-8-5-2/h8,11,17,20,26,29,35,39,66H,4-7,9-10,12-16,18-19,21-25,27-28,30-34,36-38,40-65H2,1-3H3/b11-8-,20-17-,29-26-,39-35-. The summed E-state index contributed by atoms with van der Waals surface area (Å²) in [5, 5.41) is 0. The van der Waals surface area contributed by atoms with Crippen molar-refractivity contribution in [3.05, 3.63) is 48.6 Å². The normalized spacial score (nSPS) is 12.3. The maximum Gasteiger partial charge on any atom is 0.306 e. The molecule has 0 fully saturated rings. The Bertz CT molecular complexity index is 1300. The fourth-order valence-corrected chi connectivity index (χ4v) is 9.91. The lowest BCUT2D eigenvalue weighted by atomic mass is 10.0. The molecule has 0 spiro atoms. The van der Waals surface area contributed by atoms with E-state index in [1.807, 2.05) is 0 Å². The van der Waals surface area contributed by atoms with Gasteiger partial charge in [0.1, 0.15) is 13.2 Å². The molecular weight excluding hydrogens is 925 g/mol. The SMILES string of the molecule is CC/C=C\C/C=C\C/C=C\C/C=C\CCCCCCCCC(=O)OC(COC(=O)CCCCCCCCCCCCCCCCCCCC)COC(=O)CCCCCCCCCCCCCCCCCCCCCC. The van der Waals surface area contributed by atoms with E-state index in [0.717, 1.165) is 96.3 Å². The van der Waals surface area contributed by atoms with E-state index in [2.05, 4.69) is 69.4 Å². The third-order valence-corrected chi connectivity index (χ3v) is 14.8. The van der Waals surface area contributed by atoms with Crippen LogP contribution in [0.3, 0.4) is 0 Å². The van der Waals surface area contributed by atoms with Gasteiger partial charge in [0.15, 0.2) is 6.10 Å². The van der Waals surface area contributed by atoms with Crippen LogP contribution in [0.5, 0.6) is 0 Å². The van der Waals surface area contributed by atoms with Crippen molar-refractivity contribution in [1.29, 1.82) is 0 Å². The van der Waals surface area contributed by atoms with Crippen LogP contribution in [-0.2, 0) is 28.6 Å². The highest BCUT2D eigenvalue weighted by molar-refractivity contribution is 5.71. The second-order valence-electron chi connectivity index (χ2n) is 22.4. The number of allylic oxidation sites excluding steroid dienone is 8. The van der Waals surface area contributed by atoms with Crippen LogP contribution in [0, 0.1) is 0 Å². The fraction of sp³-hybridized carbons (Fsp3) is 0.841. The van der Waals surface area contributed by atoms with Crippen molar-refractivity contribution in [2.24, 2.45) is 0 Å². The van der Waals surface area contributed by atoms with Crippen molar-refractivity contribution < 1.29 is 28.6 Å². The summed E-state index contributed by atoms with van der Waals surface area (Å²) in [5.74, 6) is -0.861. The lowest BCUT2D eigenvalue weighted by Gasteiger charge is -2.18. The zero-order valence-electron chi connectivity index (χ0n) is 50.3. The van der Waals surface area contributed by atoms with Gasteiger partial charge in [-0.25, -0.2) is 0 Å². The monoisotopic (exact) mass is 1050 g/mol. The molecule has 0 aromatic carbocycles. The maximum atomic E-state index is 12.9. The van der Waals surface area contributed by atoms with Crippen LogP contribution in [0.2, 0.25) is 0 Å². The van der Waals surface area contributed by atoms with Gasteiger partial charge in [-0.15, -0.1) is 0 Å². The number of rotatable bonds is 61. The molecule has 0 aliphatic rings. The number of ether oxygens (including phenoxy) is 3. The maximum absolute atomic E-state index is 12.9. The average Bonchev–Trinajstić information content (AvgIpc) is 3.41. The van der Waals surface area contributed by atoms with Gasteiger partial charge in [-0.2, -0.15) is 0 Å². The molecule has 0 saturated heterocycles. The van der Waals surface area contributed by atoms with Crippen molar-refractivity contribution in [3.63, 3.8) is 0 Å². The average molecular weight is 1050 g/mol. The van der Waals surface area contributed by atoms with Gasteiger partial charge in [0.25, 0.3) is 0 Å². The number of hydrogen-bond donors (Lipinski definition) is 0. The van der Waals surface area contributed by atoms with E-state index in [-0.39, 0.29) is 31.1 Å². The smallest absolute Gasteiger partial charge is 0.306 e. The van der Waals surface area contributed by atoms with Gasteiger partial charge < -0.3 is 14.2 Å². The molecule has 0 saturated carbocycles. The molecule has 6 nitrogen and oxygen atoms in total. The molecule has 0 heterocycles. The Balaban J connectivity index is 4.34. The minimum atomic E-state index is -0.779. The van der Waals surface area contributed by atoms with Gasteiger partial charge >= 0.3 is 17.9 Å². The number of esters is 3. The molecule has 0 rings (SSSR count). The van der Waals surface area contributed by atoms with Crippen LogP contribution < -0.4 is 0 Å². The highest BCUT2D eigenvalue weighted by Gasteiger charge is 2.19. The first-order valence-electron chi connectivity index (χ1n) is 33.1. The first kappa shape index (κ1) is 72.4. The summed E-state index contributed by atoms with van der Waals surface area (Å²) >= 11 is 0. The van der Waals surface area contributed by atoms with Crippen LogP contribution in [0.25, 0.3) is 0 Å². The summed E-state index contributed by atoms with van der Waals surface area (Å²) < 4.78 is 17.0. The Kier molecular flexibility index (Phi) is 61.7. The van der Waals surface area contributed by atoms with Crippen LogP contribution in [0.1, 0.15) is 355 Å². The zero-order chi connectivity index (χ0) is 54.3. The zero-order valence-corrected chi connectivity index (χ0v) is 50.3. The number of hydrogen-bond acceptors (Lipinski definition) is 6. The molecule has 0 aromatic rings. The molecule has 438 valence electrons. The lowest BCUT2D eigenvalue weighted by Crippen LogP contribution is -2.30. The Morgan fingerprint density at radius 3 is 0.813 bits per heavy atom. The van der Waals surface area contributed by atoms with Crippen LogP contribution >= 0.6 is 0 Å². The summed E-state index contributed by atoms with van der Waals surface area (Å²) in [5.41, 5.74) is 0. The Labute approximate surface area is 467 Å². The van der Waals surface area contributed by atoms with E-state index < -0.39 is 6.10 Å². The van der Waals surface area contributed by atoms with E-state index in [9.17, 15) is 14.4 Å². The van der Waals surface area contributed by atoms with Gasteiger partial charge in [-0.3, -0.25) is 14.4 Å². The third-order valence-electron chi connectivity index (χ3n) is 14.8. The summed E-state index contributed by atoms with van der Waals surface area (Å²) in [6, 6.07) is 0. The molecule has 0 bridgehead atoms. The summed E-state index contributed by atoms with van der Waals surface area (Å²) in [6.07, 6.45) is 79.8. The first-order valence-corrected chi connectivity index (χ1v) is 33.1. The molecule has 0 amide bonds. The highest BCUT2D eigenvalue weighted by atomic mass is 16.6. The van der Waals surface area contributed by atoms with Crippen LogP contribution in [-0.4, -0.2) is 37.2 Å². The van der Waals surface area contributed by atoms with Gasteiger partial charge in [-0.1, -0.05) is 326 Å². The molecule has 0 radical (unpaired) electrons. The van der Waals surface area contributed by atoms with Crippen LogP contribution in [0.15, 0.2) is 48.6 Å². The number of unbranched alkanes of at least 4 members (excludes halogenated alkanes) is 42. The summed E-state index contributed by atoms with van der Waals surface area (Å²) in [4.78, 5) is 38.4. The molecule has 1 unspecified atom stereocenters. The van der Waals surface area contributed by atoms with Crippen molar-refractivity contribution in [1.82, 2.24) is 0 Å². The lowest BCUT2D eigenvalue weighted by molar-refractivity contribution is -0.167. The van der Waals surface area contributed by atoms with Crippen molar-refractivity contribution in [3.8, 4) is 0 Å². The van der Waals surface area contributed by atoms with E-state index in [1.165, 1.54) is 218 Å². The minimum absolute atomic E-state index is 0.0739. The van der Waals surface area contributed by atoms with E-state index in [4.69, 9.17) is 14.2 Å². The van der Waals surface area contributed by atoms with Gasteiger partial charge in [-0.05, 0) is 57.8 Å². The first-order chi connectivity index (χ1) is 37.0. The summed E-state index contributed by atoms with van der Waals surface area (Å²) in [6.45, 7) is 6.59. The van der Waals surface area contributed by atoms with Gasteiger partial charge in [0, 0.05) is 19.3 Å². The summed E-state index contributed by atoms with van der Waals surface area (Å²) in [7, 11) is 0. The molecule has 6 heteroatoms. The quantitative estimate of drug-likeness (QED) is 0.0261.